The van der Waals surface area contributed by atoms with Gasteiger partial charge >= 0.3 is 0 Å². The van der Waals surface area contributed by atoms with Crippen LogP contribution >= 0.6 is 0 Å². The van der Waals surface area contributed by atoms with Gasteiger partial charge in [0.15, 0.2) is 6.10 Å². The number of hydrogen-bond acceptors (Lipinski definition) is 6. The van der Waals surface area contributed by atoms with Gasteiger partial charge in [0.1, 0.15) is 0 Å². The van der Waals surface area contributed by atoms with Crippen LogP contribution in [0.15, 0.2) is 16.8 Å². The van der Waals surface area contributed by atoms with E-state index in [0.717, 1.165) is 0 Å². The Kier molecular flexibility index (Phi) is 4.64. The maximum atomic E-state index is 12.8. The molecule has 1 saturated heterocycles. The molecule has 0 spiro atoms. The van der Waals surface area contributed by atoms with Crippen molar-refractivity contribution in [2.24, 2.45) is 0 Å². The molecular weight excluding hydrogens is 322 g/mol. The predicted molar refractivity (Wildman–Crippen MR) is 90.2 cm³/mol. The highest BCUT2D eigenvalue weighted by Gasteiger charge is 2.30. The van der Waals surface area contributed by atoms with Gasteiger partial charge in [0.05, 0.1) is 30.5 Å². The first-order valence-corrected chi connectivity index (χ1v) is 8.55. The predicted octanol–water partition coefficient (Wildman–Crippen LogP) is 2.36. The SMILES string of the molecule is CC(C)c1nnc([C@@H]2CN(C(=O)c3cnn(C(C)(C)C)c3)CCO2)o1. The van der Waals surface area contributed by atoms with Crippen LogP contribution in [0.2, 0.25) is 0 Å². The van der Waals surface area contributed by atoms with E-state index in [9.17, 15) is 4.79 Å². The second-order valence-electron chi connectivity index (χ2n) is 7.59. The number of rotatable bonds is 3. The van der Waals surface area contributed by atoms with Gasteiger partial charge < -0.3 is 14.1 Å². The molecule has 1 atom stereocenters. The molecule has 2 aromatic heterocycles. The lowest BCUT2D eigenvalue weighted by Crippen LogP contribution is -2.42. The highest BCUT2D eigenvalue weighted by molar-refractivity contribution is 5.93. The summed E-state index contributed by atoms with van der Waals surface area (Å²) in [6.07, 6.45) is 3.01. The number of amides is 1. The Bertz CT molecular complexity index is 744. The Labute approximate surface area is 147 Å². The maximum Gasteiger partial charge on any atom is 0.257 e. The highest BCUT2D eigenvalue weighted by Crippen LogP contribution is 2.24. The number of aromatic nitrogens is 4. The molecule has 8 heteroatoms. The number of ether oxygens (including phenoxy) is 1. The quantitative estimate of drug-likeness (QED) is 0.847. The van der Waals surface area contributed by atoms with Gasteiger partial charge in [0, 0.05) is 18.7 Å². The standard InChI is InChI=1S/C17H25N5O3/c1-11(2)14-19-20-15(25-14)13-10-21(6-7-24-13)16(23)12-8-18-22(9-12)17(3,4)5/h8-9,11,13H,6-7,10H2,1-5H3/t13-/m0/s1. The summed E-state index contributed by atoms with van der Waals surface area (Å²) in [4.78, 5) is 14.5. The van der Waals surface area contributed by atoms with Crippen LogP contribution in [0, 0.1) is 0 Å². The molecule has 136 valence electrons. The molecule has 0 aromatic carbocycles. The number of hydrogen-bond donors (Lipinski definition) is 0. The Morgan fingerprint density at radius 1 is 1.32 bits per heavy atom. The average molecular weight is 347 g/mol. The van der Waals surface area contributed by atoms with E-state index in [2.05, 4.69) is 15.3 Å². The van der Waals surface area contributed by atoms with Crippen molar-refractivity contribution in [2.45, 2.75) is 52.2 Å². The Morgan fingerprint density at radius 3 is 2.68 bits per heavy atom. The number of carbonyl (C=O) groups excluding carboxylic acids is 1. The fourth-order valence-corrected chi connectivity index (χ4v) is 2.58. The molecule has 2 aromatic rings. The van der Waals surface area contributed by atoms with Crippen LogP contribution in [0.25, 0.3) is 0 Å². The van der Waals surface area contributed by atoms with Gasteiger partial charge in [0.2, 0.25) is 11.8 Å². The number of nitrogens with zero attached hydrogens (tertiary/aromatic N) is 5. The second-order valence-corrected chi connectivity index (χ2v) is 7.59. The van der Waals surface area contributed by atoms with E-state index in [0.29, 0.717) is 37.0 Å². The molecule has 3 heterocycles. The fraction of sp³-hybridized carbons (Fsp3) is 0.647. The summed E-state index contributed by atoms with van der Waals surface area (Å²) >= 11 is 0. The Balaban J connectivity index is 1.72. The minimum Gasteiger partial charge on any atom is -0.422 e. The van der Waals surface area contributed by atoms with Crippen LogP contribution < -0.4 is 0 Å². The van der Waals surface area contributed by atoms with Crippen molar-refractivity contribution < 1.29 is 13.9 Å². The van der Waals surface area contributed by atoms with E-state index in [1.165, 1.54) is 0 Å². The van der Waals surface area contributed by atoms with Crippen LogP contribution in [-0.2, 0) is 10.3 Å². The van der Waals surface area contributed by atoms with Crippen molar-refractivity contribution in [3.8, 4) is 0 Å². The van der Waals surface area contributed by atoms with Gasteiger partial charge in [-0.3, -0.25) is 9.48 Å². The summed E-state index contributed by atoms with van der Waals surface area (Å²) in [7, 11) is 0. The van der Waals surface area contributed by atoms with Crippen molar-refractivity contribution in [3.05, 3.63) is 29.7 Å². The molecule has 0 N–H and O–H groups in total. The van der Waals surface area contributed by atoms with Crippen molar-refractivity contribution in [2.75, 3.05) is 19.7 Å². The summed E-state index contributed by atoms with van der Waals surface area (Å²) in [6.45, 7) is 11.5. The zero-order valence-electron chi connectivity index (χ0n) is 15.4. The highest BCUT2D eigenvalue weighted by atomic mass is 16.5. The summed E-state index contributed by atoms with van der Waals surface area (Å²) < 4.78 is 13.2. The smallest absolute Gasteiger partial charge is 0.257 e. The lowest BCUT2D eigenvalue weighted by molar-refractivity contribution is -0.0351. The van der Waals surface area contributed by atoms with Crippen LogP contribution in [0.5, 0.6) is 0 Å². The molecule has 1 aliphatic rings. The lowest BCUT2D eigenvalue weighted by Gasteiger charge is -2.31. The summed E-state index contributed by atoms with van der Waals surface area (Å²) in [5.41, 5.74) is 0.410. The molecule has 25 heavy (non-hydrogen) atoms. The monoisotopic (exact) mass is 347 g/mol. The molecule has 1 aliphatic heterocycles. The molecule has 8 nitrogen and oxygen atoms in total. The molecule has 0 unspecified atom stereocenters. The van der Waals surface area contributed by atoms with E-state index in [1.54, 1.807) is 22.0 Å². The lowest BCUT2D eigenvalue weighted by atomic mass is 10.1. The minimum absolute atomic E-state index is 0.0626. The maximum absolute atomic E-state index is 12.8. The number of carbonyl (C=O) groups is 1. The zero-order chi connectivity index (χ0) is 18.2. The first-order chi connectivity index (χ1) is 11.8. The second kappa shape index (κ2) is 6.59. The summed E-state index contributed by atoms with van der Waals surface area (Å²) in [5, 5.41) is 12.4. The Morgan fingerprint density at radius 2 is 2.08 bits per heavy atom. The van der Waals surface area contributed by atoms with Crippen LogP contribution in [0.4, 0.5) is 0 Å². The van der Waals surface area contributed by atoms with Gasteiger partial charge in [-0.1, -0.05) is 13.8 Å². The zero-order valence-corrected chi connectivity index (χ0v) is 15.4. The molecule has 3 rings (SSSR count). The van der Waals surface area contributed by atoms with Gasteiger partial charge in [-0.25, -0.2) is 0 Å². The normalized spacial score (nSPS) is 18.8. The minimum atomic E-state index is -0.393. The summed E-state index contributed by atoms with van der Waals surface area (Å²) in [5.74, 6) is 1.10. The fourth-order valence-electron chi connectivity index (χ4n) is 2.58. The summed E-state index contributed by atoms with van der Waals surface area (Å²) in [6, 6.07) is 0. The largest absolute Gasteiger partial charge is 0.422 e. The van der Waals surface area contributed by atoms with Crippen LogP contribution in [-0.4, -0.2) is 50.5 Å². The van der Waals surface area contributed by atoms with E-state index < -0.39 is 6.10 Å². The van der Waals surface area contributed by atoms with E-state index in [-0.39, 0.29) is 17.4 Å². The first-order valence-electron chi connectivity index (χ1n) is 8.55. The molecule has 0 bridgehead atoms. The van der Waals surface area contributed by atoms with E-state index >= 15 is 0 Å². The molecular formula is C17H25N5O3. The Hall–Kier alpha value is -2.22. The molecule has 1 amide bonds. The molecule has 0 aliphatic carbocycles. The van der Waals surface area contributed by atoms with Crippen LogP contribution in [0.3, 0.4) is 0 Å². The van der Waals surface area contributed by atoms with Gasteiger partial charge in [-0.15, -0.1) is 10.2 Å². The van der Waals surface area contributed by atoms with E-state index in [4.69, 9.17) is 9.15 Å². The molecule has 0 saturated carbocycles. The van der Waals surface area contributed by atoms with Gasteiger partial charge in [-0.2, -0.15) is 5.10 Å². The van der Waals surface area contributed by atoms with Gasteiger partial charge in [-0.05, 0) is 20.8 Å². The van der Waals surface area contributed by atoms with Crippen molar-refractivity contribution in [1.29, 1.82) is 0 Å². The van der Waals surface area contributed by atoms with Crippen molar-refractivity contribution in [3.63, 3.8) is 0 Å². The topological polar surface area (TPSA) is 86.3 Å². The third-order valence-corrected chi connectivity index (χ3v) is 4.10. The van der Waals surface area contributed by atoms with Crippen molar-refractivity contribution in [1.82, 2.24) is 24.9 Å². The third-order valence-electron chi connectivity index (χ3n) is 4.10. The van der Waals surface area contributed by atoms with E-state index in [1.807, 2.05) is 34.6 Å². The number of morpholine rings is 1. The molecule has 1 fully saturated rings. The average Bonchev–Trinajstić information content (AvgIpc) is 3.23. The van der Waals surface area contributed by atoms with Gasteiger partial charge in [0.25, 0.3) is 5.91 Å². The van der Waals surface area contributed by atoms with Crippen LogP contribution in [0.1, 0.15) is 68.8 Å². The molecule has 0 radical (unpaired) electrons. The third kappa shape index (κ3) is 3.73. The van der Waals surface area contributed by atoms with Crippen molar-refractivity contribution >= 4 is 5.91 Å². The first kappa shape index (κ1) is 17.6.